The van der Waals surface area contributed by atoms with E-state index in [9.17, 15) is 14.7 Å². The van der Waals surface area contributed by atoms with Gasteiger partial charge in [-0.15, -0.1) is 0 Å². The monoisotopic (exact) mass is 249 g/mol. The highest BCUT2D eigenvalue weighted by atomic mass is 16.6. The van der Waals surface area contributed by atoms with E-state index in [0.29, 0.717) is 13.1 Å². The van der Waals surface area contributed by atoms with Crippen molar-refractivity contribution in [1.29, 1.82) is 0 Å². The quantitative estimate of drug-likeness (QED) is 0.805. The Hall–Kier alpha value is -1.88. The number of amides is 1. The summed E-state index contributed by atoms with van der Waals surface area (Å²) in [6, 6.07) is 6.43. The van der Waals surface area contributed by atoms with Gasteiger partial charge in [0, 0.05) is 13.1 Å². The van der Waals surface area contributed by atoms with Crippen LogP contribution in [0.3, 0.4) is 0 Å². The summed E-state index contributed by atoms with van der Waals surface area (Å²) >= 11 is 0. The fraction of sp³-hybridized carbons (Fsp3) is 0.385. The molecule has 0 fully saturated rings. The molecule has 0 radical (unpaired) electrons. The highest BCUT2D eigenvalue weighted by molar-refractivity contribution is 6.18. The third kappa shape index (κ3) is 1.67. The summed E-state index contributed by atoms with van der Waals surface area (Å²) in [7, 11) is 0. The van der Waals surface area contributed by atoms with Gasteiger partial charge in [0.1, 0.15) is 5.75 Å². The van der Waals surface area contributed by atoms with Gasteiger partial charge in [-0.05, 0) is 26.0 Å². The highest BCUT2D eigenvalue weighted by Gasteiger charge is 2.54. The van der Waals surface area contributed by atoms with Crippen molar-refractivity contribution in [2.24, 2.45) is 0 Å². The van der Waals surface area contributed by atoms with Gasteiger partial charge < -0.3 is 14.7 Å². The number of nitrogens with zero attached hydrogens (tertiary/aromatic N) is 1. The number of Topliss-reactive ketones (excluding diaryl/α,β-unsaturated/α-hetero) is 1. The predicted molar refractivity (Wildman–Crippen MR) is 64.3 cm³/mol. The van der Waals surface area contributed by atoms with Crippen LogP contribution in [0.4, 0.5) is 0 Å². The first-order chi connectivity index (χ1) is 8.54. The van der Waals surface area contributed by atoms with E-state index in [0.717, 1.165) is 0 Å². The average molecular weight is 249 g/mol. The number of ketones is 1. The van der Waals surface area contributed by atoms with Gasteiger partial charge in [-0.2, -0.15) is 0 Å². The molecule has 1 aromatic rings. The number of benzene rings is 1. The van der Waals surface area contributed by atoms with Crippen molar-refractivity contribution in [2.75, 3.05) is 13.1 Å². The number of carbonyl (C=O) groups excluding carboxylic acids is 2. The van der Waals surface area contributed by atoms with Gasteiger partial charge in [0.15, 0.2) is 0 Å². The van der Waals surface area contributed by atoms with Gasteiger partial charge in [-0.3, -0.25) is 9.59 Å². The van der Waals surface area contributed by atoms with E-state index in [1.54, 1.807) is 32.0 Å². The lowest BCUT2D eigenvalue weighted by Crippen LogP contribution is -2.55. The van der Waals surface area contributed by atoms with Crippen molar-refractivity contribution in [1.82, 2.24) is 4.90 Å². The normalized spacial score (nSPS) is 21.4. The minimum Gasteiger partial charge on any atom is -0.446 e. The molecule has 1 aliphatic rings. The van der Waals surface area contributed by atoms with Crippen LogP contribution in [0.5, 0.6) is 5.75 Å². The number of hydrogen-bond acceptors (Lipinski definition) is 4. The smallest absolute Gasteiger partial charge is 0.354 e. The van der Waals surface area contributed by atoms with Crippen LogP contribution >= 0.6 is 0 Å². The van der Waals surface area contributed by atoms with Crippen LogP contribution in [0, 0.1) is 0 Å². The van der Waals surface area contributed by atoms with E-state index in [4.69, 9.17) is 4.74 Å². The van der Waals surface area contributed by atoms with Crippen LogP contribution in [0.25, 0.3) is 0 Å². The molecular formula is C13H15NO4. The Kier molecular flexibility index (Phi) is 3.09. The largest absolute Gasteiger partial charge is 0.446 e. The number of carbonyl (C=O) groups is 2. The van der Waals surface area contributed by atoms with Crippen LogP contribution in [-0.4, -0.2) is 40.6 Å². The second-order valence-electron chi connectivity index (χ2n) is 4.05. The number of hydrogen-bond donors (Lipinski definition) is 1. The summed E-state index contributed by atoms with van der Waals surface area (Å²) in [6.45, 7) is 4.36. The zero-order valence-electron chi connectivity index (χ0n) is 10.3. The van der Waals surface area contributed by atoms with Gasteiger partial charge in [-0.1, -0.05) is 12.1 Å². The third-order valence-electron chi connectivity index (χ3n) is 3.04. The molecule has 2 rings (SSSR count). The van der Waals surface area contributed by atoms with E-state index in [1.807, 2.05) is 0 Å². The Morgan fingerprint density at radius 3 is 2.50 bits per heavy atom. The predicted octanol–water partition coefficient (Wildman–Crippen LogP) is 0.819. The van der Waals surface area contributed by atoms with E-state index in [2.05, 4.69) is 0 Å². The lowest BCUT2D eigenvalue weighted by molar-refractivity contribution is -0.169. The van der Waals surface area contributed by atoms with Crippen molar-refractivity contribution in [2.45, 2.75) is 19.6 Å². The number of rotatable bonds is 3. The van der Waals surface area contributed by atoms with Crippen molar-refractivity contribution in [3.8, 4) is 5.75 Å². The summed E-state index contributed by atoms with van der Waals surface area (Å²) in [6.07, 6.45) is 0. The molecule has 1 atom stereocenters. The lowest BCUT2D eigenvalue weighted by atomic mass is 10.0. The second-order valence-corrected chi connectivity index (χ2v) is 4.05. The van der Waals surface area contributed by atoms with Crippen LogP contribution in [-0.2, 0) is 4.79 Å². The minimum atomic E-state index is -2.41. The summed E-state index contributed by atoms with van der Waals surface area (Å²) in [5, 5.41) is 10.2. The van der Waals surface area contributed by atoms with Gasteiger partial charge >= 0.3 is 11.7 Å². The standard InChI is InChI=1S/C13H15NO4/c1-3-14(4-2)12(16)13(17)11(15)9-7-5-6-8-10(9)18-13/h5-8,17H,3-4H2,1-2H3. The van der Waals surface area contributed by atoms with Gasteiger partial charge in [0.25, 0.3) is 0 Å². The molecule has 1 heterocycles. The molecule has 18 heavy (non-hydrogen) atoms. The molecule has 0 aromatic heterocycles. The first-order valence-corrected chi connectivity index (χ1v) is 5.89. The van der Waals surface area contributed by atoms with Gasteiger partial charge in [0.05, 0.1) is 5.56 Å². The zero-order valence-corrected chi connectivity index (χ0v) is 10.3. The van der Waals surface area contributed by atoms with Crippen LogP contribution < -0.4 is 4.74 Å². The maximum atomic E-state index is 12.1. The van der Waals surface area contributed by atoms with E-state index in [-0.39, 0.29) is 11.3 Å². The molecule has 0 saturated heterocycles. The van der Waals surface area contributed by atoms with Crippen molar-refractivity contribution in [3.63, 3.8) is 0 Å². The third-order valence-corrected chi connectivity index (χ3v) is 3.04. The van der Waals surface area contributed by atoms with Crippen LogP contribution in [0.1, 0.15) is 24.2 Å². The summed E-state index contributed by atoms with van der Waals surface area (Å²) in [4.78, 5) is 25.6. The molecule has 1 N–H and O–H groups in total. The maximum absolute atomic E-state index is 12.1. The van der Waals surface area contributed by atoms with E-state index < -0.39 is 17.5 Å². The number of fused-ring (bicyclic) bond motifs is 1. The zero-order chi connectivity index (χ0) is 13.3. The molecule has 0 aliphatic carbocycles. The Bertz CT molecular complexity index is 496. The molecule has 1 aromatic carbocycles. The first kappa shape index (κ1) is 12.6. The summed E-state index contributed by atoms with van der Waals surface area (Å²) in [5.41, 5.74) is 0.237. The average Bonchev–Trinajstić information content (AvgIpc) is 2.65. The van der Waals surface area contributed by atoms with Crippen LogP contribution in [0.15, 0.2) is 24.3 Å². The van der Waals surface area contributed by atoms with Gasteiger partial charge in [0.2, 0.25) is 5.78 Å². The Balaban J connectivity index is 2.36. The van der Waals surface area contributed by atoms with E-state index in [1.165, 1.54) is 11.0 Å². The molecule has 1 unspecified atom stereocenters. The SMILES string of the molecule is CCN(CC)C(=O)C1(O)Oc2ccccc2C1=O. The fourth-order valence-electron chi connectivity index (χ4n) is 2.00. The van der Waals surface area contributed by atoms with E-state index >= 15 is 0 Å². The number of likely N-dealkylation sites (N-methyl/N-ethyl adjacent to an activating group) is 1. The van der Waals surface area contributed by atoms with Crippen molar-refractivity contribution in [3.05, 3.63) is 29.8 Å². The first-order valence-electron chi connectivity index (χ1n) is 5.89. The molecule has 1 amide bonds. The Labute approximate surface area is 105 Å². The minimum absolute atomic E-state index is 0.237. The van der Waals surface area contributed by atoms with Crippen molar-refractivity contribution < 1.29 is 19.4 Å². The lowest BCUT2D eigenvalue weighted by Gasteiger charge is -2.26. The Morgan fingerprint density at radius 2 is 1.94 bits per heavy atom. The molecule has 0 spiro atoms. The fourth-order valence-corrected chi connectivity index (χ4v) is 2.00. The molecule has 5 nitrogen and oxygen atoms in total. The second kappa shape index (κ2) is 4.42. The highest BCUT2D eigenvalue weighted by Crippen LogP contribution is 2.34. The topological polar surface area (TPSA) is 66.8 Å². The summed E-state index contributed by atoms with van der Waals surface area (Å²) in [5.74, 6) is -3.58. The summed E-state index contributed by atoms with van der Waals surface area (Å²) < 4.78 is 5.17. The molecule has 5 heteroatoms. The van der Waals surface area contributed by atoms with Crippen LogP contribution in [0.2, 0.25) is 0 Å². The molecule has 0 saturated carbocycles. The molecule has 1 aliphatic heterocycles. The molecule has 0 bridgehead atoms. The molecule has 96 valence electrons. The Morgan fingerprint density at radius 1 is 1.33 bits per heavy atom. The van der Waals surface area contributed by atoms with Crippen molar-refractivity contribution >= 4 is 11.7 Å². The number of ether oxygens (including phenoxy) is 1. The number of para-hydroxylation sites is 1. The molecular weight excluding hydrogens is 234 g/mol. The number of aliphatic hydroxyl groups is 1. The maximum Gasteiger partial charge on any atom is 0.354 e. The van der Waals surface area contributed by atoms with Gasteiger partial charge in [-0.25, -0.2) is 0 Å².